The van der Waals surface area contributed by atoms with E-state index < -0.39 is 0 Å². The summed E-state index contributed by atoms with van der Waals surface area (Å²) in [7, 11) is 0. The fourth-order valence-electron chi connectivity index (χ4n) is 3.60. The van der Waals surface area contributed by atoms with Crippen LogP contribution >= 0.6 is 11.8 Å². The number of nitrogens with one attached hydrogen (secondary N) is 1. The maximum atomic E-state index is 13.5. The molecule has 0 spiro atoms. The van der Waals surface area contributed by atoms with E-state index in [0.717, 1.165) is 21.7 Å². The molecule has 3 aromatic carbocycles. The topological polar surface area (TPSA) is 49.4 Å². The Morgan fingerprint density at radius 1 is 0.844 bits per heavy atom. The van der Waals surface area contributed by atoms with Gasteiger partial charge in [0.2, 0.25) is 0 Å². The molecule has 0 radical (unpaired) electrons. The number of amides is 2. The molecule has 0 bridgehead atoms. The van der Waals surface area contributed by atoms with Crippen LogP contribution in [0.25, 0.3) is 0 Å². The highest BCUT2D eigenvalue weighted by Gasteiger charge is 2.40. The third-order valence-corrected chi connectivity index (χ3v) is 6.55. The van der Waals surface area contributed by atoms with Gasteiger partial charge < -0.3 is 5.32 Å². The molecule has 1 N–H and O–H groups in total. The molecule has 0 saturated heterocycles. The smallest absolute Gasteiger partial charge is 0.283 e. The van der Waals surface area contributed by atoms with Gasteiger partial charge >= 0.3 is 0 Å². The molecule has 0 aromatic heterocycles. The molecule has 4 nitrogen and oxygen atoms in total. The average Bonchev–Trinajstić information content (AvgIpc) is 3.00. The average molecular weight is 443 g/mol. The molecule has 3 aromatic rings. The van der Waals surface area contributed by atoms with Crippen molar-refractivity contribution >= 4 is 35.0 Å². The van der Waals surface area contributed by atoms with E-state index in [9.17, 15) is 9.59 Å². The fraction of sp³-hybridized carbons (Fsp3) is 0.185. The Bertz CT molecular complexity index is 1200. The van der Waals surface area contributed by atoms with Crippen molar-refractivity contribution in [2.24, 2.45) is 0 Å². The van der Waals surface area contributed by atoms with Crippen LogP contribution in [0.3, 0.4) is 0 Å². The normalized spacial score (nSPS) is 14.0. The molecule has 32 heavy (non-hydrogen) atoms. The van der Waals surface area contributed by atoms with Gasteiger partial charge in [0.05, 0.1) is 5.69 Å². The highest BCUT2D eigenvalue weighted by atomic mass is 32.2. The quantitative estimate of drug-likeness (QED) is 0.448. The molecule has 4 rings (SSSR count). The fourth-order valence-corrected chi connectivity index (χ4v) is 4.54. The standard InChI is InChI=1S/C27H26N2O2S/c1-17(2)20-12-14-21(15-13-20)28-24-25(32-22-8-6-5-7-9-22)27(31)29(26(24)30)23-16-18(3)10-11-19(23)4/h5-17,28H,1-4H3. The maximum absolute atomic E-state index is 13.5. The van der Waals surface area contributed by atoms with E-state index in [1.54, 1.807) is 0 Å². The van der Waals surface area contributed by atoms with Gasteiger partial charge in [0, 0.05) is 10.6 Å². The predicted molar refractivity (Wildman–Crippen MR) is 132 cm³/mol. The van der Waals surface area contributed by atoms with Crippen LogP contribution in [0.4, 0.5) is 11.4 Å². The number of hydrogen-bond donors (Lipinski definition) is 1. The van der Waals surface area contributed by atoms with Crippen molar-refractivity contribution in [2.75, 3.05) is 10.2 Å². The summed E-state index contributed by atoms with van der Waals surface area (Å²) in [5.41, 5.74) is 4.80. The highest BCUT2D eigenvalue weighted by Crippen LogP contribution is 2.38. The summed E-state index contributed by atoms with van der Waals surface area (Å²) >= 11 is 1.31. The van der Waals surface area contributed by atoms with Crippen LogP contribution in [0.15, 0.2) is 88.3 Å². The van der Waals surface area contributed by atoms with Gasteiger partial charge in [-0.15, -0.1) is 0 Å². The molecule has 0 unspecified atom stereocenters. The van der Waals surface area contributed by atoms with Crippen LogP contribution in [0.5, 0.6) is 0 Å². The van der Waals surface area contributed by atoms with E-state index in [1.165, 1.54) is 22.2 Å². The zero-order chi connectivity index (χ0) is 22.8. The molecule has 1 aliphatic rings. The number of carbonyl (C=O) groups is 2. The van der Waals surface area contributed by atoms with Gasteiger partial charge in [0.1, 0.15) is 10.6 Å². The van der Waals surface area contributed by atoms with Crippen molar-refractivity contribution in [3.63, 3.8) is 0 Å². The second-order valence-electron chi connectivity index (χ2n) is 8.26. The Balaban J connectivity index is 1.74. The molecule has 0 atom stereocenters. The summed E-state index contributed by atoms with van der Waals surface area (Å²) in [5.74, 6) is -0.226. The Morgan fingerprint density at radius 3 is 2.19 bits per heavy atom. The van der Waals surface area contributed by atoms with E-state index in [2.05, 4.69) is 19.2 Å². The van der Waals surface area contributed by atoms with Crippen LogP contribution in [0.1, 0.15) is 36.5 Å². The molecule has 0 aliphatic carbocycles. The molecule has 162 valence electrons. The zero-order valence-electron chi connectivity index (χ0n) is 18.7. The van der Waals surface area contributed by atoms with Gasteiger partial charge in [-0.3, -0.25) is 9.59 Å². The van der Waals surface area contributed by atoms with Gasteiger partial charge in [0.15, 0.2) is 0 Å². The van der Waals surface area contributed by atoms with Gasteiger partial charge in [-0.05, 0) is 66.8 Å². The summed E-state index contributed by atoms with van der Waals surface area (Å²) in [6.45, 7) is 8.15. The second kappa shape index (κ2) is 9.05. The first-order valence-corrected chi connectivity index (χ1v) is 11.5. The van der Waals surface area contributed by atoms with Crippen LogP contribution in [0, 0.1) is 13.8 Å². The number of nitrogens with zero attached hydrogens (tertiary/aromatic N) is 1. The molecular formula is C27H26N2O2S. The Kier molecular flexibility index (Phi) is 6.19. The molecular weight excluding hydrogens is 416 g/mol. The summed E-state index contributed by atoms with van der Waals surface area (Å²) in [6.07, 6.45) is 0. The third-order valence-electron chi connectivity index (χ3n) is 5.46. The number of thioether (sulfide) groups is 1. The van der Waals surface area contributed by atoms with E-state index in [4.69, 9.17) is 0 Å². The minimum absolute atomic E-state index is 0.307. The van der Waals surface area contributed by atoms with Crippen LogP contribution < -0.4 is 10.2 Å². The molecule has 0 saturated carbocycles. The molecule has 0 fully saturated rings. The monoisotopic (exact) mass is 442 g/mol. The predicted octanol–water partition coefficient (Wildman–Crippen LogP) is 6.42. The van der Waals surface area contributed by atoms with Crippen molar-refractivity contribution in [3.8, 4) is 0 Å². The number of anilines is 2. The number of imide groups is 1. The summed E-state index contributed by atoms with van der Waals surface area (Å²) in [5, 5.41) is 3.24. The number of carbonyl (C=O) groups excluding carboxylic acids is 2. The lowest BCUT2D eigenvalue weighted by Crippen LogP contribution is -2.33. The van der Waals surface area contributed by atoms with Gasteiger partial charge in [-0.2, -0.15) is 0 Å². The summed E-state index contributed by atoms with van der Waals surface area (Å²) in [4.78, 5) is 29.6. The molecule has 2 amide bonds. The van der Waals surface area contributed by atoms with Crippen molar-refractivity contribution in [2.45, 2.75) is 38.5 Å². The van der Waals surface area contributed by atoms with Crippen molar-refractivity contribution in [1.82, 2.24) is 0 Å². The van der Waals surface area contributed by atoms with E-state index >= 15 is 0 Å². The molecule has 1 aliphatic heterocycles. The molecule has 5 heteroatoms. The van der Waals surface area contributed by atoms with Gasteiger partial charge in [0.25, 0.3) is 11.8 Å². The highest BCUT2D eigenvalue weighted by molar-refractivity contribution is 8.04. The lowest BCUT2D eigenvalue weighted by molar-refractivity contribution is -0.120. The first-order chi connectivity index (χ1) is 15.3. The van der Waals surface area contributed by atoms with Crippen LogP contribution in [-0.4, -0.2) is 11.8 Å². The van der Waals surface area contributed by atoms with E-state index in [0.29, 0.717) is 22.2 Å². The van der Waals surface area contributed by atoms with Gasteiger partial charge in [-0.1, -0.05) is 68.1 Å². The Morgan fingerprint density at radius 2 is 1.53 bits per heavy atom. The lowest BCUT2D eigenvalue weighted by atomic mass is 10.0. The van der Waals surface area contributed by atoms with Gasteiger partial charge in [-0.25, -0.2) is 4.90 Å². The first-order valence-electron chi connectivity index (χ1n) is 10.7. The minimum Gasteiger partial charge on any atom is -0.350 e. The number of hydrogen-bond acceptors (Lipinski definition) is 4. The zero-order valence-corrected chi connectivity index (χ0v) is 19.5. The Hall–Kier alpha value is -3.31. The number of rotatable bonds is 6. The maximum Gasteiger partial charge on any atom is 0.283 e. The van der Waals surface area contributed by atoms with Crippen molar-refractivity contribution in [1.29, 1.82) is 0 Å². The Labute approximate surface area is 193 Å². The SMILES string of the molecule is Cc1ccc(C)c(N2C(=O)C(Nc3ccc(C(C)C)cc3)=C(Sc3ccccc3)C2=O)c1. The van der Waals surface area contributed by atoms with E-state index in [-0.39, 0.29) is 11.8 Å². The molecule has 1 heterocycles. The summed E-state index contributed by atoms with van der Waals surface area (Å²) < 4.78 is 0. The third kappa shape index (κ3) is 4.34. The van der Waals surface area contributed by atoms with E-state index in [1.807, 2.05) is 86.6 Å². The van der Waals surface area contributed by atoms with Crippen LogP contribution in [-0.2, 0) is 9.59 Å². The van der Waals surface area contributed by atoms with Crippen molar-refractivity contribution in [3.05, 3.63) is 100 Å². The second-order valence-corrected chi connectivity index (χ2v) is 9.34. The first kappa shape index (κ1) is 21.9. The minimum atomic E-state index is -0.338. The van der Waals surface area contributed by atoms with Crippen molar-refractivity contribution < 1.29 is 9.59 Å². The van der Waals surface area contributed by atoms with Crippen LogP contribution in [0.2, 0.25) is 0 Å². The lowest BCUT2D eigenvalue weighted by Gasteiger charge is -2.18. The number of benzene rings is 3. The number of aryl methyl sites for hydroxylation is 2. The largest absolute Gasteiger partial charge is 0.350 e. The summed E-state index contributed by atoms with van der Waals surface area (Å²) in [6, 6.07) is 23.4.